The zero-order chi connectivity index (χ0) is 15.8. The third-order valence-electron chi connectivity index (χ3n) is 4.14. The van der Waals surface area contributed by atoms with E-state index >= 15 is 0 Å². The second kappa shape index (κ2) is 10.7. The van der Waals surface area contributed by atoms with Crippen LogP contribution in [0.1, 0.15) is 26.2 Å². The Balaban J connectivity index is 0.00000264. The van der Waals surface area contributed by atoms with Gasteiger partial charge in [0, 0.05) is 11.4 Å². The summed E-state index contributed by atoms with van der Waals surface area (Å²) in [4.78, 5) is 12.0. The Labute approximate surface area is 149 Å². The van der Waals surface area contributed by atoms with E-state index in [2.05, 4.69) is 17.6 Å². The van der Waals surface area contributed by atoms with E-state index in [1.165, 1.54) is 12.8 Å². The summed E-state index contributed by atoms with van der Waals surface area (Å²) in [7, 11) is 0. The molecular weight excluding hydrogens is 335 g/mol. The summed E-state index contributed by atoms with van der Waals surface area (Å²) in [5, 5.41) is 6.97. The molecule has 1 aromatic rings. The van der Waals surface area contributed by atoms with Crippen LogP contribution in [0, 0.1) is 11.8 Å². The van der Waals surface area contributed by atoms with Crippen LogP contribution < -0.4 is 15.4 Å². The normalized spacial score (nSPS) is 18.6. The Morgan fingerprint density at radius 1 is 1.52 bits per heavy atom. The van der Waals surface area contributed by atoms with Gasteiger partial charge in [-0.05, 0) is 56.0 Å². The van der Waals surface area contributed by atoms with Gasteiger partial charge in [0.25, 0.3) is 0 Å². The largest absolute Gasteiger partial charge is 0.492 e. The summed E-state index contributed by atoms with van der Waals surface area (Å²) in [5.74, 6) is 1.86. The molecule has 2 atom stereocenters. The quantitative estimate of drug-likeness (QED) is 0.733. The van der Waals surface area contributed by atoms with Gasteiger partial charge < -0.3 is 15.4 Å². The van der Waals surface area contributed by atoms with E-state index < -0.39 is 0 Å². The number of benzene rings is 1. The number of rotatable bonds is 7. The first kappa shape index (κ1) is 20.1. The fourth-order valence-corrected chi connectivity index (χ4v) is 2.99. The summed E-state index contributed by atoms with van der Waals surface area (Å²) in [6, 6.07) is 7.27. The van der Waals surface area contributed by atoms with E-state index in [-0.39, 0.29) is 18.3 Å². The van der Waals surface area contributed by atoms with Crippen molar-refractivity contribution in [2.24, 2.45) is 11.8 Å². The van der Waals surface area contributed by atoms with Crippen LogP contribution in [0.4, 0.5) is 0 Å². The van der Waals surface area contributed by atoms with E-state index in [0.29, 0.717) is 36.4 Å². The minimum absolute atomic E-state index is 0. The molecule has 2 N–H and O–H groups in total. The van der Waals surface area contributed by atoms with E-state index in [9.17, 15) is 4.79 Å². The average Bonchev–Trinajstić information content (AvgIpc) is 2.52. The molecule has 2 rings (SSSR count). The first-order chi connectivity index (χ1) is 10.6. The second-order valence-corrected chi connectivity index (χ2v) is 6.38. The third kappa shape index (κ3) is 7.42. The number of piperidine rings is 1. The zero-order valence-corrected chi connectivity index (χ0v) is 15.1. The fraction of sp³-hybridized carbons (Fsp3) is 0.588. The van der Waals surface area contributed by atoms with Crippen molar-refractivity contribution in [3.05, 3.63) is 29.3 Å². The number of halogens is 2. The molecule has 1 saturated heterocycles. The molecule has 0 bridgehead atoms. The third-order valence-corrected chi connectivity index (χ3v) is 4.37. The monoisotopic (exact) mass is 360 g/mol. The van der Waals surface area contributed by atoms with Crippen molar-refractivity contribution >= 4 is 29.9 Å². The van der Waals surface area contributed by atoms with Crippen molar-refractivity contribution in [3.63, 3.8) is 0 Å². The van der Waals surface area contributed by atoms with Crippen molar-refractivity contribution in [2.45, 2.75) is 26.2 Å². The first-order valence-corrected chi connectivity index (χ1v) is 8.38. The van der Waals surface area contributed by atoms with Gasteiger partial charge in [-0.2, -0.15) is 0 Å². The van der Waals surface area contributed by atoms with E-state index in [1.54, 1.807) is 12.1 Å². The lowest BCUT2D eigenvalue weighted by atomic mass is 9.85. The van der Waals surface area contributed by atoms with Crippen molar-refractivity contribution < 1.29 is 9.53 Å². The van der Waals surface area contributed by atoms with Crippen molar-refractivity contribution in [3.8, 4) is 5.75 Å². The molecule has 1 aliphatic heterocycles. The van der Waals surface area contributed by atoms with Crippen LogP contribution in [0.15, 0.2) is 24.3 Å². The van der Waals surface area contributed by atoms with Crippen LogP contribution in [-0.2, 0) is 4.79 Å². The standard InChI is InChI=1S/C17H25ClN2O2.ClH/c1-13(14-4-3-7-19-12-14)10-17(21)20-8-9-22-16-6-2-5-15(18)11-16;/h2,5-6,11,13-14,19H,3-4,7-10,12H2,1H3,(H,20,21);1H. The molecule has 1 fully saturated rings. The number of amides is 1. The van der Waals surface area contributed by atoms with Crippen LogP contribution in [0.2, 0.25) is 5.02 Å². The van der Waals surface area contributed by atoms with E-state index in [4.69, 9.17) is 16.3 Å². The molecule has 0 aliphatic carbocycles. The topological polar surface area (TPSA) is 50.4 Å². The van der Waals surface area contributed by atoms with Gasteiger partial charge >= 0.3 is 0 Å². The molecule has 4 nitrogen and oxygen atoms in total. The average molecular weight is 361 g/mol. The summed E-state index contributed by atoms with van der Waals surface area (Å²) in [6.45, 7) is 5.27. The SMILES string of the molecule is CC(CC(=O)NCCOc1cccc(Cl)c1)C1CCCNC1.Cl. The van der Waals surface area contributed by atoms with Crippen LogP contribution in [0.5, 0.6) is 5.75 Å². The zero-order valence-electron chi connectivity index (χ0n) is 13.5. The highest BCUT2D eigenvalue weighted by Gasteiger charge is 2.21. The Bertz CT molecular complexity index is 479. The summed E-state index contributed by atoms with van der Waals surface area (Å²) in [6.07, 6.45) is 3.02. The Hall–Kier alpha value is -0.970. The number of hydrogen-bond acceptors (Lipinski definition) is 3. The van der Waals surface area contributed by atoms with Gasteiger partial charge in [0.2, 0.25) is 5.91 Å². The molecule has 2 unspecified atom stereocenters. The van der Waals surface area contributed by atoms with Gasteiger partial charge in [-0.15, -0.1) is 12.4 Å². The molecule has 130 valence electrons. The molecule has 1 amide bonds. The molecule has 6 heteroatoms. The minimum atomic E-state index is 0. The molecule has 0 saturated carbocycles. The van der Waals surface area contributed by atoms with Crippen LogP contribution in [0.3, 0.4) is 0 Å². The highest BCUT2D eigenvalue weighted by Crippen LogP contribution is 2.22. The number of carbonyl (C=O) groups is 1. The molecule has 0 radical (unpaired) electrons. The predicted molar refractivity (Wildman–Crippen MR) is 96.6 cm³/mol. The predicted octanol–water partition coefficient (Wildman–Crippen LogP) is 3.28. The van der Waals surface area contributed by atoms with Gasteiger partial charge in [0.05, 0.1) is 6.54 Å². The fourth-order valence-electron chi connectivity index (χ4n) is 2.81. The van der Waals surface area contributed by atoms with Crippen LogP contribution in [-0.4, -0.2) is 32.1 Å². The number of hydrogen-bond donors (Lipinski definition) is 2. The maximum atomic E-state index is 12.0. The number of ether oxygens (including phenoxy) is 1. The van der Waals surface area contributed by atoms with E-state index in [1.807, 2.05) is 12.1 Å². The van der Waals surface area contributed by atoms with Crippen molar-refractivity contribution in [2.75, 3.05) is 26.2 Å². The molecule has 0 spiro atoms. The maximum absolute atomic E-state index is 12.0. The smallest absolute Gasteiger partial charge is 0.220 e. The highest BCUT2D eigenvalue weighted by molar-refractivity contribution is 6.30. The lowest BCUT2D eigenvalue weighted by Gasteiger charge is -2.28. The van der Waals surface area contributed by atoms with Gasteiger partial charge in [-0.3, -0.25) is 4.79 Å². The highest BCUT2D eigenvalue weighted by atomic mass is 35.5. The molecule has 23 heavy (non-hydrogen) atoms. The minimum Gasteiger partial charge on any atom is -0.492 e. The van der Waals surface area contributed by atoms with Crippen molar-refractivity contribution in [1.82, 2.24) is 10.6 Å². The van der Waals surface area contributed by atoms with Crippen molar-refractivity contribution in [1.29, 1.82) is 0 Å². The number of carbonyl (C=O) groups excluding carboxylic acids is 1. The summed E-state index contributed by atoms with van der Waals surface area (Å²) >= 11 is 5.88. The van der Waals surface area contributed by atoms with Gasteiger partial charge in [0.1, 0.15) is 12.4 Å². The Morgan fingerprint density at radius 2 is 2.35 bits per heavy atom. The molecule has 1 aromatic carbocycles. The Morgan fingerprint density at radius 3 is 3.04 bits per heavy atom. The van der Waals surface area contributed by atoms with Crippen LogP contribution >= 0.6 is 24.0 Å². The second-order valence-electron chi connectivity index (χ2n) is 5.94. The lowest BCUT2D eigenvalue weighted by molar-refractivity contribution is -0.122. The summed E-state index contributed by atoms with van der Waals surface area (Å²) < 4.78 is 5.55. The molecule has 0 aromatic heterocycles. The molecular formula is C17H26Cl2N2O2. The van der Waals surface area contributed by atoms with Gasteiger partial charge in [0.15, 0.2) is 0 Å². The first-order valence-electron chi connectivity index (χ1n) is 8.01. The molecule has 1 heterocycles. The van der Waals surface area contributed by atoms with Gasteiger partial charge in [-0.1, -0.05) is 24.6 Å². The van der Waals surface area contributed by atoms with Crippen LogP contribution in [0.25, 0.3) is 0 Å². The Kier molecular flexibility index (Phi) is 9.37. The number of nitrogens with one attached hydrogen (secondary N) is 2. The van der Waals surface area contributed by atoms with Gasteiger partial charge in [-0.25, -0.2) is 0 Å². The maximum Gasteiger partial charge on any atom is 0.220 e. The van der Waals surface area contributed by atoms with E-state index in [0.717, 1.165) is 18.8 Å². The molecule has 1 aliphatic rings. The summed E-state index contributed by atoms with van der Waals surface area (Å²) in [5.41, 5.74) is 0. The lowest BCUT2D eigenvalue weighted by Crippen LogP contribution is -2.36.